The van der Waals surface area contributed by atoms with E-state index in [4.69, 9.17) is 0 Å². The highest BCUT2D eigenvalue weighted by atomic mass is 16.3. The number of rotatable bonds is 7. The number of benzene rings is 1. The SMILES string of the molecule is OCC[C@H]1CN(C/C=C/c2ccccc2)CCN1CC1CCCCC1. The van der Waals surface area contributed by atoms with E-state index in [1.54, 1.807) is 0 Å². The van der Waals surface area contributed by atoms with Crippen molar-refractivity contribution in [3.05, 3.63) is 42.0 Å². The van der Waals surface area contributed by atoms with Crippen molar-refractivity contribution in [3.8, 4) is 0 Å². The summed E-state index contributed by atoms with van der Waals surface area (Å²) in [4.78, 5) is 5.21. The fraction of sp³-hybridized carbons (Fsp3) is 0.636. The molecule has 0 bridgehead atoms. The van der Waals surface area contributed by atoms with E-state index in [9.17, 15) is 5.11 Å². The molecule has 0 unspecified atom stereocenters. The molecule has 1 aromatic carbocycles. The molecule has 1 saturated carbocycles. The molecule has 0 amide bonds. The summed E-state index contributed by atoms with van der Waals surface area (Å²) in [5.74, 6) is 0.888. The molecule has 2 fully saturated rings. The lowest BCUT2D eigenvalue weighted by Gasteiger charge is -2.43. The maximum Gasteiger partial charge on any atom is 0.0446 e. The first kappa shape index (κ1) is 18.6. The minimum absolute atomic E-state index is 0.305. The molecule has 1 heterocycles. The molecule has 0 radical (unpaired) electrons. The van der Waals surface area contributed by atoms with Gasteiger partial charge < -0.3 is 5.11 Å². The van der Waals surface area contributed by atoms with E-state index in [0.29, 0.717) is 12.6 Å². The molecule has 3 nitrogen and oxygen atoms in total. The lowest BCUT2D eigenvalue weighted by molar-refractivity contribution is 0.0485. The number of aliphatic hydroxyl groups excluding tert-OH is 1. The summed E-state index contributed by atoms with van der Waals surface area (Å²) in [6.45, 7) is 5.95. The quantitative estimate of drug-likeness (QED) is 0.819. The van der Waals surface area contributed by atoms with E-state index in [1.807, 2.05) is 0 Å². The first-order valence-corrected chi connectivity index (χ1v) is 10.1. The van der Waals surface area contributed by atoms with Crippen LogP contribution in [0.25, 0.3) is 6.08 Å². The molecule has 1 aliphatic carbocycles. The maximum absolute atomic E-state index is 9.49. The largest absolute Gasteiger partial charge is 0.396 e. The van der Waals surface area contributed by atoms with E-state index in [1.165, 1.54) is 44.2 Å². The van der Waals surface area contributed by atoms with Gasteiger partial charge in [0.1, 0.15) is 0 Å². The molecule has 0 aromatic heterocycles. The van der Waals surface area contributed by atoms with Crippen LogP contribution in [0.3, 0.4) is 0 Å². The van der Waals surface area contributed by atoms with Gasteiger partial charge in [-0.05, 0) is 30.7 Å². The van der Waals surface area contributed by atoms with Crippen molar-refractivity contribution in [1.29, 1.82) is 0 Å². The van der Waals surface area contributed by atoms with Crippen LogP contribution in [0.1, 0.15) is 44.1 Å². The van der Waals surface area contributed by atoms with Gasteiger partial charge >= 0.3 is 0 Å². The van der Waals surface area contributed by atoms with Crippen molar-refractivity contribution in [3.63, 3.8) is 0 Å². The summed E-state index contributed by atoms with van der Waals surface area (Å²) in [5, 5.41) is 9.49. The normalized spacial score (nSPS) is 24.1. The molecule has 1 N–H and O–H groups in total. The molecule has 1 aliphatic heterocycles. The van der Waals surface area contributed by atoms with Gasteiger partial charge in [-0.25, -0.2) is 0 Å². The Balaban J connectivity index is 1.49. The van der Waals surface area contributed by atoms with Crippen LogP contribution in [0, 0.1) is 5.92 Å². The van der Waals surface area contributed by atoms with Crippen LogP contribution < -0.4 is 0 Å². The Kier molecular flexibility index (Phi) is 7.53. The van der Waals surface area contributed by atoms with Crippen molar-refractivity contribution in [2.45, 2.75) is 44.6 Å². The molecule has 138 valence electrons. The Morgan fingerprint density at radius 2 is 1.84 bits per heavy atom. The van der Waals surface area contributed by atoms with Crippen molar-refractivity contribution in [1.82, 2.24) is 9.80 Å². The molecule has 25 heavy (non-hydrogen) atoms. The Bertz CT molecular complexity index is 510. The van der Waals surface area contributed by atoms with Gasteiger partial charge in [0.15, 0.2) is 0 Å². The zero-order valence-corrected chi connectivity index (χ0v) is 15.5. The van der Waals surface area contributed by atoms with Crippen LogP contribution in [0.4, 0.5) is 0 Å². The number of hydrogen-bond donors (Lipinski definition) is 1. The average molecular weight is 343 g/mol. The average Bonchev–Trinajstić information content (AvgIpc) is 2.66. The topological polar surface area (TPSA) is 26.7 Å². The minimum Gasteiger partial charge on any atom is -0.396 e. The predicted molar refractivity (Wildman–Crippen MR) is 106 cm³/mol. The van der Waals surface area contributed by atoms with Crippen LogP contribution in [0.2, 0.25) is 0 Å². The minimum atomic E-state index is 0.305. The lowest BCUT2D eigenvalue weighted by atomic mass is 9.88. The molecular weight excluding hydrogens is 308 g/mol. The number of nitrogens with zero attached hydrogens (tertiary/aromatic N) is 2. The van der Waals surface area contributed by atoms with E-state index in [2.05, 4.69) is 52.3 Å². The summed E-state index contributed by atoms with van der Waals surface area (Å²) >= 11 is 0. The fourth-order valence-electron chi connectivity index (χ4n) is 4.39. The maximum atomic E-state index is 9.49. The molecule has 1 saturated heterocycles. The third kappa shape index (κ3) is 5.95. The van der Waals surface area contributed by atoms with Crippen LogP contribution >= 0.6 is 0 Å². The molecule has 3 heteroatoms. The van der Waals surface area contributed by atoms with Crippen molar-refractivity contribution < 1.29 is 5.11 Å². The molecule has 1 atom stereocenters. The zero-order valence-electron chi connectivity index (χ0n) is 15.5. The predicted octanol–water partition coefficient (Wildman–Crippen LogP) is 3.65. The molecule has 1 aromatic rings. The van der Waals surface area contributed by atoms with Crippen molar-refractivity contribution in [2.75, 3.05) is 39.3 Å². The van der Waals surface area contributed by atoms with Gasteiger partial charge in [0, 0.05) is 45.4 Å². The standard InChI is InChI=1S/C22H34N2O/c25-17-13-22-19-23(14-7-12-20-8-3-1-4-9-20)15-16-24(22)18-21-10-5-2-6-11-21/h1,3-4,7-9,12,21-22,25H,2,5-6,10-11,13-19H2/b12-7+/t22-/m0/s1. The summed E-state index contributed by atoms with van der Waals surface area (Å²) < 4.78 is 0. The summed E-state index contributed by atoms with van der Waals surface area (Å²) in [6, 6.07) is 11.0. The van der Waals surface area contributed by atoms with Crippen molar-refractivity contribution >= 4 is 6.08 Å². The second-order valence-corrected chi connectivity index (χ2v) is 7.74. The monoisotopic (exact) mass is 342 g/mol. The van der Waals surface area contributed by atoms with E-state index in [0.717, 1.165) is 38.5 Å². The fourth-order valence-corrected chi connectivity index (χ4v) is 4.39. The van der Waals surface area contributed by atoms with Crippen LogP contribution in [0.15, 0.2) is 36.4 Å². The number of piperazine rings is 1. The lowest BCUT2D eigenvalue weighted by Crippen LogP contribution is -2.54. The summed E-state index contributed by atoms with van der Waals surface area (Å²) in [7, 11) is 0. The highest BCUT2D eigenvalue weighted by Crippen LogP contribution is 2.26. The smallest absolute Gasteiger partial charge is 0.0446 e. The second kappa shape index (κ2) is 10.1. The zero-order chi connectivity index (χ0) is 17.3. The highest BCUT2D eigenvalue weighted by molar-refractivity contribution is 5.48. The highest BCUT2D eigenvalue weighted by Gasteiger charge is 2.28. The Labute approximate surface area is 153 Å². The van der Waals surface area contributed by atoms with E-state index < -0.39 is 0 Å². The third-order valence-electron chi connectivity index (χ3n) is 5.84. The molecular formula is C22H34N2O. The third-order valence-corrected chi connectivity index (χ3v) is 5.84. The van der Waals surface area contributed by atoms with Gasteiger partial charge in [0.2, 0.25) is 0 Å². The first-order chi connectivity index (χ1) is 12.3. The van der Waals surface area contributed by atoms with Gasteiger partial charge in [-0.15, -0.1) is 0 Å². The van der Waals surface area contributed by atoms with Crippen LogP contribution in [-0.2, 0) is 0 Å². The Morgan fingerprint density at radius 3 is 2.60 bits per heavy atom. The first-order valence-electron chi connectivity index (χ1n) is 10.1. The van der Waals surface area contributed by atoms with E-state index >= 15 is 0 Å². The van der Waals surface area contributed by atoms with Crippen molar-refractivity contribution in [2.24, 2.45) is 5.92 Å². The van der Waals surface area contributed by atoms with Gasteiger partial charge in [-0.2, -0.15) is 0 Å². The Hall–Kier alpha value is -1.16. The summed E-state index contributed by atoms with van der Waals surface area (Å²) in [5.41, 5.74) is 1.27. The molecule has 3 rings (SSSR count). The van der Waals surface area contributed by atoms with Gasteiger partial charge in [-0.1, -0.05) is 61.7 Å². The van der Waals surface area contributed by atoms with E-state index in [-0.39, 0.29) is 0 Å². The van der Waals surface area contributed by atoms with Crippen LogP contribution in [0.5, 0.6) is 0 Å². The molecule has 2 aliphatic rings. The van der Waals surface area contributed by atoms with Crippen LogP contribution in [-0.4, -0.2) is 60.3 Å². The van der Waals surface area contributed by atoms with Gasteiger partial charge in [-0.3, -0.25) is 9.80 Å². The van der Waals surface area contributed by atoms with Gasteiger partial charge in [0.25, 0.3) is 0 Å². The Morgan fingerprint density at radius 1 is 1.04 bits per heavy atom. The number of aliphatic hydroxyl groups is 1. The number of hydrogen-bond acceptors (Lipinski definition) is 3. The van der Waals surface area contributed by atoms with Gasteiger partial charge in [0.05, 0.1) is 0 Å². The summed E-state index contributed by atoms with van der Waals surface area (Å²) in [6.07, 6.45) is 12.5. The molecule has 0 spiro atoms. The second-order valence-electron chi connectivity index (χ2n) is 7.74.